The highest BCUT2D eigenvalue weighted by molar-refractivity contribution is 7.89. The van der Waals surface area contributed by atoms with E-state index in [0.717, 1.165) is 30.3 Å². The van der Waals surface area contributed by atoms with Crippen molar-refractivity contribution in [3.05, 3.63) is 48.8 Å². The van der Waals surface area contributed by atoms with Crippen LogP contribution in [0.4, 0.5) is 11.6 Å². The summed E-state index contributed by atoms with van der Waals surface area (Å²) in [7, 11) is -3.56. The van der Waals surface area contributed by atoms with Gasteiger partial charge in [0.1, 0.15) is 29.9 Å². The maximum Gasteiger partial charge on any atom is 0.243 e. The third kappa shape index (κ3) is 4.07. The predicted molar refractivity (Wildman–Crippen MR) is 121 cm³/mol. The summed E-state index contributed by atoms with van der Waals surface area (Å²) < 4.78 is 33.1. The molecule has 2 aromatic heterocycles. The maximum atomic E-state index is 13.2. The number of hydrogen-bond acceptors (Lipinski definition) is 8. The van der Waals surface area contributed by atoms with Crippen LogP contribution in [0, 0.1) is 6.92 Å². The zero-order chi connectivity index (χ0) is 22.1. The minimum Gasteiger partial charge on any atom is -0.449 e. The molecule has 2 aliphatic rings. The molecule has 5 rings (SSSR count). The molecule has 2 aliphatic heterocycles. The molecule has 0 N–H and O–H groups in total. The van der Waals surface area contributed by atoms with Crippen LogP contribution in [0.2, 0.25) is 0 Å². The topological polar surface area (TPSA) is 95.7 Å². The summed E-state index contributed by atoms with van der Waals surface area (Å²) in [6.07, 6.45) is 5.55. The number of benzene rings is 1. The lowest BCUT2D eigenvalue weighted by molar-refractivity contribution is 0.384. The molecule has 32 heavy (non-hydrogen) atoms. The van der Waals surface area contributed by atoms with Crippen LogP contribution in [0.5, 0.6) is 0 Å². The fraction of sp³-hybridized carbons (Fsp3) is 0.409. The molecule has 0 aliphatic carbocycles. The Bertz CT molecular complexity index is 1180. The summed E-state index contributed by atoms with van der Waals surface area (Å²) in [6.45, 7) is 5.83. The summed E-state index contributed by atoms with van der Waals surface area (Å²) in [6, 6.07) is 8.81. The summed E-state index contributed by atoms with van der Waals surface area (Å²) in [4.78, 5) is 17.8. The highest BCUT2D eigenvalue weighted by atomic mass is 32.2. The molecule has 0 spiro atoms. The van der Waals surface area contributed by atoms with Gasteiger partial charge in [-0.2, -0.15) is 4.31 Å². The van der Waals surface area contributed by atoms with Gasteiger partial charge >= 0.3 is 0 Å². The van der Waals surface area contributed by atoms with Crippen molar-refractivity contribution in [2.75, 3.05) is 49.1 Å². The molecule has 2 fully saturated rings. The molecular formula is C22H26N6O3S. The van der Waals surface area contributed by atoms with Gasteiger partial charge in [0.2, 0.25) is 10.0 Å². The third-order valence-electron chi connectivity index (χ3n) is 6.04. The van der Waals surface area contributed by atoms with Crippen molar-refractivity contribution in [2.24, 2.45) is 0 Å². The van der Waals surface area contributed by atoms with E-state index in [9.17, 15) is 8.42 Å². The zero-order valence-corrected chi connectivity index (χ0v) is 18.8. The Hall–Kier alpha value is -2.98. The van der Waals surface area contributed by atoms with Gasteiger partial charge in [-0.1, -0.05) is 12.1 Å². The van der Waals surface area contributed by atoms with Crippen molar-refractivity contribution in [2.45, 2.75) is 24.7 Å². The molecule has 0 saturated carbocycles. The molecule has 3 aromatic rings. The largest absolute Gasteiger partial charge is 0.449 e. The van der Waals surface area contributed by atoms with E-state index >= 15 is 0 Å². The molecule has 2 saturated heterocycles. The highest BCUT2D eigenvalue weighted by Crippen LogP contribution is 2.25. The van der Waals surface area contributed by atoms with Crippen LogP contribution < -0.4 is 9.80 Å². The number of piperazine rings is 1. The monoisotopic (exact) mass is 454 g/mol. The molecular weight excluding hydrogens is 428 g/mol. The van der Waals surface area contributed by atoms with E-state index < -0.39 is 10.0 Å². The zero-order valence-electron chi connectivity index (χ0n) is 18.0. The Morgan fingerprint density at radius 1 is 0.875 bits per heavy atom. The Morgan fingerprint density at radius 3 is 2.09 bits per heavy atom. The lowest BCUT2D eigenvalue weighted by Crippen LogP contribution is -2.49. The molecule has 10 heteroatoms. The molecule has 0 bridgehead atoms. The van der Waals surface area contributed by atoms with Crippen LogP contribution >= 0.6 is 0 Å². The first-order valence-electron chi connectivity index (χ1n) is 10.9. The van der Waals surface area contributed by atoms with Gasteiger partial charge in [-0.15, -0.1) is 0 Å². The molecule has 0 atom stereocenters. The Labute approximate surface area is 187 Å². The van der Waals surface area contributed by atoms with Crippen molar-refractivity contribution < 1.29 is 12.8 Å². The second-order valence-corrected chi connectivity index (χ2v) is 10.0. The number of hydrogen-bond donors (Lipinski definition) is 0. The van der Waals surface area contributed by atoms with Crippen molar-refractivity contribution in [1.82, 2.24) is 19.3 Å². The number of rotatable bonds is 5. The number of oxazole rings is 1. The van der Waals surface area contributed by atoms with E-state index in [4.69, 9.17) is 4.42 Å². The fourth-order valence-electron chi connectivity index (χ4n) is 4.23. The van der Waals surface area contributed by atoms with Gasteiger partial charge in [-0.05, 0) is 25.0 Å². The minimum atomic E-state index is -3.56. The average molecular weight is 455 g/mol. The number of aryl methyl sites for hydroxylation is 1. The summed E-state index contributed by atoms with van der Waals surface area (Å²) in [5, 5.41) is 0. The van der Waals surface area contributed by atoms with E-state index in [-0.39, 0.29) is 4.90 Å². The maximum absolute atomic E-state index is 13.2. The van der Waals surface area contributed by atoms with Crippen molar-refractivity contribution in [3.8, 4) is 11.3 Å². The number of anilines is 2. The van der Waals surface area contributed by atoms with Crippen LogP contribution in [0.3, 0.4) is 0 Å². The predicted octanol–water partition coefficient (Wildman–Crippen LogP) is 2.55. The van der Waals surface area contributed by atoms with E-state index in [1.165, 1.54) is 12.8 Å². The Kier molecular flexibility index (Phi) is 5.56. The second kappa shape index (κ2) is 8.51. The molecule has 0 unspecified atom stereocenters. The number of nitrogens with zero attached hydrogens (tertiary/aromatic N) is 6. The van der Waals surface area contributed by atoms with E-state index in [2.05, 4.69) is 24.8 Å². The van der Waals surface area contributed by atoms with Gasteiger partial charge in [-0.3, -0.25) is 0 Å². The van der Waals surface area contributed by atoms with E-state index in [1.54, 1.807) is 48.1 Å². The minimum absolute atomic E-state index is 0.285. The van der Waals surface area contributed by atoms with Crippen LogP contribution in [-0.4, -0.2) is 66.9 Å². The molecule has 9 nitrogen and oxygen atoms in total. The van der Waals surface area contributed by atoms with Crippen molar-refractivity contribution in [1.29, 1.82) is 0 Å². The summed E-state index contributed by atoms with van der Waals surface area (Å²) >= 11 is 0. The second-order valence-electron chi connectivity index (χ2n) is 8.10. The van der Waals surface area contributed by atoms with E-state index in [1.807, 2.05) is 6.07 Å². The van der Waals surface area contributed by atoms with Crippen LogP contribution in [-0.2, 0) is 10.0 Å². The molecule has 0 radical (unpaired) electrons. The van der Waals surface area contributed by atoms with Gasteiger partial charge in [0.15, 0.2) is 5.89 Å². The van der Waals surface area contributed by atoms with Crippen LogP contribution in [0.25, 0.3) is 11.3 Å². The lowest BCUT2D eigenvalue weighted by Gasteiger charge is -2.34. The first-order valence-corrected chi connectivity index (χ1v) is 12.3. The van der Waals surface area contributed by atoms with Gasteiger partial charge < -0.3 is 14.2 Å². The number of aromatic nitrogens is 3. The van der Waals surface area contributed by atoms with Gasteiger partial charge in [-0.25, -0.2) is 23.4 Å². The summed E-state index contributed by atoms with van der Waals surface area (Å²) in [5.74, 6) is 2.38. The standard InChI is InChI=1S/C22H26N6O3S/c1-17-25-20(15-31-17)18-4-6-19(7-5-18)32(29,30)28-12-10-27(11-13-28)22-14-21(23-16-24-22)26-8-2-3-9-26/h4-7,14-16H,2-3,8-13H2,1H3. The lowest BCUT2D eigenvalue weighted by atomic mass is 10.2. The van der Waals surface area contributed by atoms with Gasteiger partial charge in [0.05, 0.1) is 4.90 Å². The molecule has 0 amide bonds. The fourth-order valence-corrected chi connectivity index (χ4v) is 5.65. The quantitative estimate of drug-likeness (QED) is 0.580. The Balaban J connectivity index is 1.26. The third-order valence-corrected chi connectivity index (χ3v) is 7.95. The molecule has 168 valence electrons. The van der Waals surface area contributed by atoms with Crippen LogP contribution in [0.1, 0.15) is 18.7 Å². The number of sulfonamides is 1. The average Bonchev–Trinajstić information content (AvgIpc) is 3.52. The first kappa shape index (κ1) is 20.9. The van der Waals surface area contributed by atoms with Crippen molar-refractivity contribution in [3.63, 3.8) is 0 Å². The SMILES string of the molecule is Cc1nc(-c2ccc(S(=O)(=O)N3CCN(c4cc(N5CCCC5)ncn4)CC3)cc2)co1. The normalized spacial score (nSPS) is 17.8. The van der Waals surface area contributed by atoms with E-state index in [0.29, 0.717) is 37.8 Å². The van der Waals surface area contributed by atoms with Crippen molar-refractivity contribution >= 4 is 21.7 Å². The highest BCUT2D eigenvalue weighted by Gasteiger charge is 2.29. The summed E-state index contributed by atoms with van der Waals surface area (Å²) in [5.41, 5.74) is 1.52. The van der Waals surface area contributed by atoms with Gasteiger partial charge in [0.25, 0.3) is 0 Å². The molecule has 1 aromatic carbocycles. The van der Waals surface area contributed by atoms with Gasteiger partial charge in [0, 0.05) is 57.8 Å². The Morgan fingerprint density at radius 2 is 1.50 bits per heavy atom. The smallest absolute Gasteiger partial charge is 0.243 e. The first-order chi connectivity index (χ1) is 15.5. The molecule has 4 heterocycles. The van der Waals surface area contributed by atoms with Crippen LogP contribution in [0.15, 0.2) is 52.2 Å².